The summed E-state index contributed by atoms with van der Waals surface area (Å²) in [5.41, 5.74) is 0.197. The first-order chi connectivity index (χ1) is 12.1. The lowest BCUT2D eigenvalue weighted by Crippen LogP contribution is -2.68. The highest BCUT2D eigenvalue weighted by atomic mass is 16.5. The summed E-state index contributed by atoms with van der Waals surface area (Å²) in [4.78, 5) is 7.46. The van der Waals surface area contributed by atoms with Crippen LogP contribution in [0.2, 0.25) is 0 Å². The van der Waals surface area contributed by atoms with Crippen LogP contribution in [-0.2, 0) is 4.74 Å². The van der Waals surface area contributed by atoms with E-state index >= 15 is 0 Å². The van der Waals surface area contributed by atoms with Crippen molar-refractivity contribution in [2.75, 3.05) is 26.2 Å². The molecule has 4 atom stereocenters. The summed E-state index contributed by atoms with van der Waals surface area (Å²) in [6, 6.07) is 1.86. The van der Waals surface area contributed by atoms with E-state index in [4.69, 9.17) is 9.73 Å². The van der Waals surface area contributed by atoms with Gasteiger partial charge in [-0.15, -0.1) is 0 Å². The lowest BCUT2D eigenvalue weighted by molar-refractivity contribution is -0.106. The minimum Gasteiger partial charge on any atom is -0.377 e. The van der Waals surface area contributed by atoms with Gasteiger partial charge in [-0.3, -0.25) is 9.89 Å². The molecule has 2 saturated carbocycles. The van der Waals surface area contributed by atoms with Crippen molar-refractivity contribution in [2.24, 2.45) is 16.3 Å². The highest BCUT2D eigenvalue weighted by Crippen LogP contribution is 2.52. The molecule has 0 bridgehead atoms. The molecule has 2 N–H and O–H groups in total. The van der Waals surface area contributed by atoms with Gasteiger partial charge >= 0.3 is 0 Å². The second-order valence-corrected chi connectivity index (χ2v) is 9.07. The highest BCUT2D eigenvalue weighted by Gasteiger charge is 2.59. The van der Waals surface area contributed by atoms with Crippen LogP contribution in [-0.4, -0.2) is 61.3 Å². The van der Waals surface area contributed by atoms with Crippen LogP contribution in [0.15, 0.2) is 4.99 Å². The molecule has 2 aliphatic heterocycles. The van der Waals surface area contributed by atoms with E-state index in [1.807, 2.05) is 0 Å². The lowest BCUT2D eigenvalue weighted by atomic mass is 9.57. The standard InChI is InChI=1S/C20H36N4O/c1-4-21-19(23-17-16-10-12-25-18(16)20(17,2)3)22-14-9-11-24(13-14)15-7-5-6-8-15/h14-18H,4-13H2,1-3H3,(H2,21,22,23). The summed E-state index contributed by atoms with van der Waals surface area (Å²) < 4.78 is 5.94. The molecule has 2 heterocycles. The summed E-state index contributed by atoms with van der Waals surface area (Å²) in [6.45, 7) is 11.0. The highest BCUT2D eigenvalue weighted by molar-refractivity contribution is 5.80. The van der Waals surface area contributed by atoms with Crippen molar-refractivity contribution in [3.8, 4) is 0 Å². The van der Waals surface area contributed by atoms with Gasteiger partial charge in [0.1, 0.15) is 0 Å². The van der Waals surface area contributed by atoms with Gasteiger partial charge in [0.15, 0.2) is 5.96 Å². The molecule has 4 aliphatic rings. The van der Waals surface area contributed by atoms with Gasteiger partial charge in [0.05, 0.1) is 6.10 Å². The van der Waals surface area contributed by atoms with Crippen LogP contribution in [0.1, 0.15) is 59.3 Å². The third-order valence-corrected chi connectivity index (χ3v) is 7.11. The van der Waals surface area contributed by atoms with Crippen molar-refractivity contribution in [3.63, 3.8) is 0 Å². The van der Waals surface area contributed by atoms with Crippen molar-refractivity contribution >= 4 is 5.96 Å². The van der Waals surface area contributed by atoms with E-state index < -0.39 is 0 Å². The van der Waals surface area contributed by atoms with Crippen molar-refractivity contribution in [1.29, 1.82) is 0 Å². The van der Waals surface area contributed by atoms with Gasteiger partial charge in [-0.05, 0) is 32.6 Å². The van der Waals surface area contributed by atoms with Crippen LogP contribution in [0, 0.1) is 11.3 Å². The Morgan fingerprint density at radius 1 is 1.16 bits per heavy atom. The summed E-state index contributed by atoms with van der Waals surface area (Å²) in [5, 5.41) is 7.51. The molecule has 0 aromatic carbocycles. The molecule has 4 rings (SSSR count). The smallest absolute Gasteiger partial charge is 0.191 e. The molecule has 0 radical (unpaired) electrons. The van der Waals surface area contributed by atoms with Gasteiger partial charge in [0.25, 0.3) is 0 Å². The Hall–Kier alpha value is -0.810. The number of nitrogens with one attached hydrogen (secondary N) is 2. The Labute approximate surface area is 153 Å². The van der Waals surface area contributed by atoms with Crippen LogP contribution in [0.25, 0.3) is 0 Å². The summed E-state index contributed by atoms with van der Waals surface area (Å²) in [7, 11) is 0. The van der Waals surface area contributed by atoms with E-state index in [1.165, 1.54) is 51.6 Å². The van der Waals surface area contributed by atoms with Gasteiger partial charge in [-0.25, -0.2) is 0 Å². The van der Waals surface area contributed by atoms with Crippen LogP contribution in [0.4, 0.5) is 0 Å². The number of rotatable bonds is 4. The molecular weight excluding hydrogens is 312 g/mol. The van der Waals surface area contributed by atoms with Crippen LogP contribution in [0.3, 0.4) is 0 Å². The molecule has 4 fully saturated rings. The summed E-state index contributed by atoms with van der Waals surface area (Å²) >= 11 is 0. The molecule has 0 aromatic rings. The number of aliphatic imine (C=N–C) groups is 1. The molecule has 142 valence electrons. The molecule has 25 heavy (non-hydrogen) atoms. The Morgan fingerprint density at radius 2 is 1.96 bits per heavy atom. The Morgan fingerprint density at radius 3 is 2.72 bits per heavy atom. The van der Waals surface area contributed by atoms with Crippen molar-refractivity contribution in [3.05, 3.63) is 0 Å². The average Bonchev–Trinajstić information content (AvgIpc) is 3.32. The number of nitrogens with zero attached hydrogens (tertiary/aromatic N) is 2. The third kappa shape index (κ3) is 3.30. The molecular formula is C20H36N4O. The Bertz CT molecular complexity index is 500. The van der Waals surface area contributed by atoms with E-state index in [2.05, 4.69) is 36.3 Å². The first-order valence-electron chi connectivity index (χ1n) is 10.5. The lowest BCUT2D eigenvalue weighted by Gasteiger charge is -2.55. The molecule has 0 spiro atoms. The van der Waals surface area contributed by atoms with Crippen LogP contribution in [0.5, 0.6) is 0 Å². The molecule has 2 aliphatic carbocycles. The van der Waals surface area contributed by atoms with Gasteiger partial charge in [-0.1, -0.05) is 26.7 Å². The zero-order valence-corrected chi connectivity index (χ0v) is 16.3. The molecule has 0 amide bonds. The second kappa shape index (κ2) is 7.07. The second-order valence-electron chi connectivity index (χ2n) is 9.07. The van der Waals surface area contributed by atoms with Gasteiger partial charge in [0, 0.05) is 55.7 Å². The minimum atomic E-state index is 0.197. The molecule has 2 saturated heterocycles. The third-order valence-electron chi connectivity index (χ3n) is 7.11. The van der Waals surface area contributed by atoms with Crippen molar-refractivity contribution in [1.82, 2.24) is 15.5 Å². The van der Waals surface area contributed by atoms with Crippen molar-refractivity contribution < 1.29 is 4.74 Å². The molecule has 5 heteroatoms. The maximum Gasteiger partial charge on any atom is 0.191 e. The zero-order valence-electron chi connectivity index (χ0n) is 16.3. The number of hydrogen-bond donors (Lipinski definition) is 2. The van der Waals surface area contributed by atoms with E-state index in [0.717, 1.165) is 25.2 Å². The monoisotopic (exact) mass is 348 g/mol. The number of fused-ring (bicyclic) bond motifs is 1. The number of ether oxygens (including phenoxy) is 1. The van der Waals surface area contributed by atoms with E-state index in [1.54, 1.807) is 0 Å². The normalized spacial score (nSPS) is 38.6. The number of hydrogen-bond acceptors (Lipinski definition) is 3. The fraction of sp³-hybridized carbons (Fsp3) is 0.950. The molecule has 4 unspecified atom stereocenters. The molecule has 5 nitrogen and oxygen atoms in total. The maximum absolute atomic E-state index is 5.94. The average molecular weight is 349 g/mol. The SMILES string of the molecule is CCN=C(NC1CCN(C2CCCC2)C1)NC1C2CCOC2C1(C)C. The van der Waals surface area contributed by atoms with Crippen LogP contribution >= 0.6 is 0 Å². The Balaban J connectivity index is 1.34. The number of guanidine groups is 1. The van der Waals surface area contributed by atoms with Gasteiger partial charge in [-0.2, -0.15) is 0 Å². The van der Waals surface area contributed by atoms with Gasteiger partial charge in [0.2, 0.25) is 0 Å². The van der Waals surface area contributed by atoms with Gasteiger partial charge < -0.3 is 15.4 Å². The van der Waals surface area contributed by atoms with E-state index in [-0.39, 0.29) is 5.41 Å². The topological polar surface area (TPSA) is 48.9 Å². The zero-order chi connectivity index (χ0) is 17.4. The Kier molecular flexibility index (Phi) is 4.98. The fourth-order valence-corrected chi connectivity index (χ4v) is 5.76. The first kappa shape index (κ1) is 17.6. The maximum atomic E-state index is 5.94. The van der Waals surface area contributed by atoms with Crippen molar-refractivity contribution in [2.45, 2.75) is 83.5 Å². The number of likely N-dealkylation sites (tertiary alicyclic amines) is 1. The molecule has 0 aromatic heterocycles. The predicted molar refractivity (Wildman–Crippen MR) is 102 cm³/mol. The predicted octanol–water partition coefficient (Wildman–Crippen LogP) is 2.37. The summed E-state index contributed by atoms with van der Waals surface area (Å²) in [6.07, 6.45) is 8.50. The van der Waals surface area contributed by atoms with Crippen LogP contribution < -0.4 is 10.6 Å². The van der Waals surface area contributed by atoms with E-state index in [9.17, 15) is 0 Å². The first-order valence-corrected chi connectivity index (χ1v) is 10.5. The largest absolute Gasteiger partial charge is 0.377 e. The quantitative estimate of drug-likeness (QED) is 0.605. The fourth-order valence-electron chi connectivity index (χ4n) is 5.76. The summed E-state index contributed by atoms with van der Waals surface area (Å²) in [5.74, 6) is 1.67. The van der Waals surface area contributed by atoms with E-state index in [0.29, 0.717) is 24.1 Å². The minimum absolute atomic E-state index is 0.197.